The maximum Gasteiger partial charge on any atom is 0.238 e. The highest BCUT2D eigenvalue weighted by molar-refractivity contribution is 5.80. The molecule has 2 atom stereocenters. The fraction of sp³-hybridized carbons (Fsp3) is 0.533. The van der Waals surface area contributed by atoms with Crippen LogP contribution in [0.5, 0.6) is 0 Å². The summed E-state index contributed by atoms with van der Waals surface area (Å²) in [7, 11) is 3.56. The standard InChI is InChI=1S/C15H24N2O/c1-6-13-7-9-14(10-8-13)11(2)16-12(3)15(18)17(4)5/h7-12,16H,6H2,1-5H3. The molecule has 0 saturated carbocycles. The van der Waals surface area contributed by atoms with Crippen LogP contribution < -0.4 is 5.32 Å². The quantitative estimate of drug-likeness (QED) is 0.867. The van der Waals surface area contributed by atoms with Crippen LogP contribution in [0.1, 0.15) is 37.9 Å². The van der Waals surface area contributed by atoms with Crippen molar-refractivity contribution in [1.29, 1.82) is 0 Å². The second-order valence-electron chi connectivity index (χ2n) is 4.94. The van der Waals surface area contributed by atoms with Crippen molar-refractivity contribution in [2.45, 2.75) is 39.3 Å². The topological polar surface area (TPSA) is 32.3 Å². The molecule has 0 aliphatic carbocycles. The van der Waals surface area contributed by atoms with Gasteiger partial charge in [-0.3, -0.25) is 10.1 Å². The number of nitrogens with one attached hydrogen (secondary N) is 1. The van der Waals surface area contributed by atoms with Gasteiger partial charge in [0.25, 0.3) is 0 Å². The van der Waals surface area contributed by atoms with Crippen molar-refractivity contribution in [2.75, 3.05) is 14.1 Å². The maximum absolute atomic E-state index is 11.8. The average molecular weight is 248 g/mol. The van der Waals surface area contributed by atoms with Crippen LogP contribution in [0.2, 0.25) is 0 Å². The van der Waals surface area contributed by atoms with Gasteiger partial charge in [0, 0.05) is 20.1 Å². The Balaban J connectivity index is 2.64. The number of likely N-dealkylation sites (N-methyl/N-ethyl adjacent to an activating group) is 1. The molecule has 0 spiro atoms. The molecular weight excluding hydrogens is 224 g/mol. The zero-order valence-corrected chi connectivity index (χ0v) is 12.0. The molecule has 0 aliphatic heterocycles. The van der Waals surface area contributed by atoms with Crippen LogP contribution in [0.25, 0.3) is 0 Å². The minimum Gasteiger partial charge on any atom is -0.347 e. The Labute approximate surface area is 110 Å². The number of amides is 1. The molecule has 0 aromatic heterocycles. The molecule has 0 radical (unpaired) electrons. The maximum atomic E-state index is 11.8. The zero-order valence-electron chi connectivity index (χ0n) is 12.0. The van der Waals surface area contributed by atoms with Crippen molar-refractivity contribution in [3.05, 3.63) is 35.4 Å². The van der Waals surface area contributed by atoms with Gasteiger partial charge in [-0.15, -0.1) is 0 Å². The van der Waals surface area contributed by atoms with E-state index < -0.39 is 0 Å². The summed E-state index contributed by atoms with van der Waals surface area (Å²) in [5.74, 6) is 0.104. The number of hydrogen-bond donors (Lipinski definition) is 1. The Morgan fingerprint density at radius 1 is 1.22 bits per heavy atom. The van der Waals surface area contributed by atoms with Crippen LogP contribution in [-0.2, 0) is 11.2 Å². The van der Waals surface area contributed by atoms with E-state index in [9.17, 15) is 4.79 Å². The summed E-state index contributed by atoms with van der Waals surface area (Å²) in [6, 6.07) is 8.56. The molecule has 1 rings (SSSR count). The van der Waals surface area contributed by atoms with Crippen LogP contribution in [-0.4, -0.2) is 30.9 Å². The van der Waals surface area contributed by atoms with E-state index in [1.807, 2.05) is 6.92 Å². The van der Waals surface area contributed by atoms with Crippen molar-refractivity contribution in [2.24, 2.45) is 0 Å². The molecule has 1 aromatic carbocycles. The molecule has 1 amide bonds. The van der Waals surface area contributed by atoms with Gasteiger partial charge in [-0.1, -0.05) is 31.2 Å². The summed E-state index contributed by atoms with van der Waals surface area (Å²) in [5.41, 5.74) is 2.55. The molecule has 0 fully saturated rings. The Bertz CT molecular complexity index is 384. The van der Waals surface area contributed by atoms with Crippen molar-refractivity contribution >= 4 is 5.91 Å². The molecule has 18 heavy (non-hydrogen) atoms. The number of aryl methyl sites for hydroxylation is 1. The molecule has 100 valence electrons. The first-order valence-electron chi connectivity index (χ1n) is 6.51. The zero-order chi connectivity index (χ0) is 13.7. The fourth-order valence-electron chi connectivity index (χ4n) is 1.97. The number of hydrogen-bond acceptors (Lipinski definition) is 2. The average Bonchev–Trinajstić information content (AvgIpc) is 2.37. The molecule has 1 aromatic rings. The van der Waals surface area contributed by atoms with E-state index in [2.05, 4.69) is 43.4 Å². The Morgan fingerprint density at radius 2 is 1.78 bits per heavy atom. The third kappa shape index (κ3) is 3.84. The summed E-state index contributed by atoms with van der Waals surface area (Å²) in [6.07, 6.45) is 1.05. The summed E-state index contributed by atoms with van der Waals surface area (Å²) < 4.78 is 0. The van der Waals surface area contributed by atoms with E-state index in [0.29, 0.717) is 0 Å². The van der Waals surface area contributed by atoms with Gasteiger partial charge in [-0.05, 0) is 31.4 Å². The number of benzene rings is 1. The van der Waals surface area contributed by atoms with Crippen LogP contribution in [0.3, 0.4) is 0 Å². The van der Waals surface area contributed by atoms with E-state index in [-0.39, 0.29) is 18.0 Å². The fourth-order valence-corrected chi connectivity index (χ4v) is 1.97. The van der Waals surface area contributed by atoms with Crippen LogP contribution in [0.4, 0.5) is 0 Å². The highest BCUT2D eigenvalue weighted by atomic mass is 16.2. The van der Waals surface area contributed by atoms with Crippen molar-refractivity contribution in [3.63, 3.8) is 0 Å². The van der Waals surface area contributed by atoms with Crippen LogP contribution in [0, 0.1) is 0 Å². The van der Waals surface area contributed by atoms with E-state index in [0.717, 1.165) is 6.42 Å². The van der Waals surface area contributed by atoms with Crippen LogP contribution >= 0.6 is 0 Å². The monoisotopic (exact) mass is 248 g/mol. The first-order chi connectivity index (χ1) is 8.45. The third-order valence-electron chi connectivity index (χ3n) is 3.20. The summed E-state index contributed by atoms with van der Waals surface area (Å²) >= 11 is 0. The summed E-state index contributed by atoms with van der Waals surface area (Å²) in [5, 5.41) is 3.32. The van der Waals surface area contributed by atoms with Crippen molar-refractivity contribution < 1.29 is 4.79 Å². The largest absolute Gasteiger partial charge is 0.347 e. The minimum absolute atomic E-state index is 0.104. The van der Waals surface area contributed by atoms with Gasteiger partial charge in [0.1, 0.15) is 0 Å². The van der Waals surface area contributed by atoms with Gasteiger partial charge in [-0.2, -0.15) is 0 Å². The lowest BCUT2D eigenvalue weighted by Crippen LogP contribution is -2.42. The summed E-state index contributed by atoms with van der Waals surface area (Å²) in [6.45, 7) is 6.13. The number of nitrogens with zero attached hydrogens (tertiary/aromatic N) is 1. The number of rotatable bonds is 5. The van der Waals surface area contributed by atoms with Gasteiger partial charge in [-0.25, -0.2) is 0 Å². The molecule has 0 bridgehead atoms. The number of carbonyl (C=O) groups excluding carboxylic acids is 1. The predicted octanol–water partition coefficient (Wildman–Crippen LogP) is 2.38. The van der Waals surface area contributed by atoms with E-state index in [4.69, 9.17) is 0 Å². The SMILES string of the molecule is CCc1ccc(C(C)NC(C)C(=O)N(C)C)cc1. The lowest BCUT2D eigenvalue weighted by molar-refractivity contribution is -0.130. The molecule has 0 saturated heterocycles. The van der Waals surface area contributed by atoms with E-state index in [1.54, 1.807) is 19.0 Å². The van der Waals surface area contributed by atoms with E-state index in [1.165, 1.54) is 11.1 Å². The molecular formula is C15H24N2O. The minimum atomic E-state index is -0.166. The Hall–Kier alpha value is -1.35. The van der Waals surface area contributed by atoms with Crippen molar-refractivity contribution in [3.8, 4) is 0 Å². The molecule has 3 nitrogen and oxygen atoms in total. The number of carbonyl (C=O) groups is 1. The predicted molar refractivity (Wildman–Crippen MR) is 75.5 cm³/mol. The first kappa shape index (κ1) is 14.7. The Kier molecular flexibility index (Phi) is 5.35. The summed E-state index contributed by atoms with van der Waals surface area (Å²) in [4.78, 5) is 13.4. The normalized spacial score (nSPS) is 14.1. The highest BCUT2D eigenvalue weighted by Crippen LogP contribution is 2.14. The van der Waals surface area contributed by atoms with Crippen molar-refractivity contribution in [1.82, 2.24) is 10.2 Å². The first-order valence-corrected chi connectivity index (χ1v) is 6.51. The van der Waals surface area contributed by atoms with Gasteiger partial charge < -0.3 is 4.90 Å². The molecule has 2 unspecified atom stereocenters. The second kappa shape index (κ2) is 6.55. The molecule has 3 heteroatoms. The molecule has 0 aliphatic rings. The van der Waals surface area contributed by atoms with Gasteiger partial charge in [0.15, 0.2) is 0 Å². The molecule has 0 heterocycles. The van der Waals surface area contributed by atoms with Gasteiger partial charge in [0.05, 0.1) is 6.04 Å². The third-order valence-corrected chi connectivity index (χ3v) is 3.20. The van der Waals surface area contributed by atoms with Crippen LogP contribution in [0.15, 0.2) is 24.3 Å². The second-order valence-corrected chi connectivity index (χ2v) is 4.94. The van der Waals surface area contributed by atoms with E-state index >= 15 is 0 Å². The van der Waals surface area contributed by atoms with Gasteiger partial charge in [0.2, 0.25) is 5.91 Å². The lowest BCUT2D eigenvalue weighted by atomic mass is 10.0. The molecule has 1 N–H and O–H groups in total. The Morgan fingerprint density at radius 3 is 2.22 bits per heavy atom. The highest BCUT2D eigenvalue weighted by Gasteiger charge is 2.17. The van der Waals surface area contributed by atoms with Gasteiger partial charge >= 0.3 is 0 Å². The lowest BCUT2D eigenvalue weighted by Gasteiger charge is -2.22. The smallest absolute Gasteiger partial charge is 0.238 e.